The molecular weight excluding hydrogens is 846 g/mol. The maximum atomic E-state index is 12.2. The van der Waals surface area contributed by atoms with Crippen molar-refractivity contribution < 1.29 is 37.9 Å². The molecule has 66 heavy (non-hydrogen) atoms. The van der Waals surface area contributed by atoms with Gasteiger partial charge in [0.25, 0.3) is 0 Å². The first-order valence-corrected chi connectivity index (χ1v) is 29.1. The van der Waals surface area contributed by atoms with E-state index in [0.29, 0.717) is 6.42 Å². The summed E-state index contributed by atoms with van der Waals surface area (Å²) in [5.74, 6) is -0.518. The third kappa shape index (κ3) is 52.9. The van der Waals surface area contributed by atoms with E-state index >= 15 is 0 Å². The average Bonchev–Trinajstić information content (AvgIpc) is 3.31. The highest BCUT2D eigenvalue weighted by Crippen LogP contribution is 2.42. The standard InChI is InChI=1S/C56H104NO8P/c1-3-5-7-9-11-13-15-17-19-21-23-25-27-29-31-33-35-37-39-41-43-45-47-49-56(60)63-52-54(58)53-65-66(61,62)64-51-50-57-55(59)48-46-44-42-40-38-36-34-32-30-28-26-24-22-20-18-16-14-12-10-8-6-4-2/h11,13,17,19,23,25,29,31,54,58H,3-10,12,14-16,18,20-22,24,26-28,30,32-53H2,1-2H3,(H,57,59)(H,61,62)/b13-11-,19-17-,25-23-,31-29-. The van der Waals surface area contributed by atoms with E-state index in [0.717, 1.165) is 70.6 Å². The van der Waals surface area contributed by atoms with E-state index in [-0.39, 0.29) is 32.1 Å². The van der Waals surface area contributed by atoms with Crippen LogP contribution in [0, 0.1) is 0 Å². The number of rotatable bonds is 52. The molecule has 0 aromatic carbocycles. The second-order valence-corrected chi connectivity index (χ2v) is 20.0. The molecule has 1 amide bonds. The number of nitrogens with one attached hydrogen (secondary N) is 1. The summed E-state index contributed by atoms with van der Waals surface area (Å²) >= 11 is 0. The average molecular weight is 950 g/mol. The Kier molecular flexibility index (Phi) is 50.7. The molecule has 2 atom stereocenters. The lowest BCUT2D eigenvalue weighted by Gasteiger charge is -2.15. The molecule has 9 nitrogen and oxygen atoms in total. The van der Waals surface area contributed by atoms with Gasteiger partial charge in [0.15, 0.2) is 0 Å². The van der Waals surface area contributed by atoms with Gasteiger partial charge in [-0.2, -0.15) is 0 Å². The van der Waals surface area contributed by atoms with Crippen molar-refractivity contribution in [2.75, 3.05) is 26.4 Å². The van der Waals surface area contributed by atoms with Crippen LogP contribution in [-0.4, -0.2) is 54.3 Å². The van der Waals surface area contributed by atoms with E-state index in [1.165, 1.54) is 167 Å². The van der Waals surface area contributed by atoms with E-state index < -0.39 is 26.5 Å². The highest BCUT2D eigenvalue weighted by atomic mass is 31.2. The number of unbranched alkanes of at least 4 members (excludes halogenated alkanes) is 31. The number of aliphatic hydroxyl groups is 1. The maximum absolute atomic E-state index is 12.2. The first-order chi connectivity index (χ1) is 32.3. The largest absolute Gasteiger partial charge is 0.472 e. The Morgan fingerprint density at radius 2 is 0.818 bits per heavy atom. The normalized spacial score (nSPS) is 13.5. The molecule has 0 aliphatic rings. The molecule has 0 aliphatic heterocycles. The minimum atomic E-state index is -4.43. The van der Waals surface area contributed by atoms with Gasteiger partial charge in [0.1, 0.15) is 12.7 Å². The predicted octanol–water partition coefficient (Wildman–Crippen LogP) is 16.6. The van der Waals surface area contributed by atoms with Gasteiger partial charge < -0.3 is 20.1 Å². The van der Waals surface area contributed by atoms with Crippen LogP contribution in [0.2, 0.25) is 0 Å². The number of carbonyl (C=O) groups excluding carboxylic acids is 2. The Hall–Kier alpha value is -2.03. The van der Waals surface area contributed by atoms with Crippen LogP contribution < -0.4 is 5.32 Å². The van der Waals surface area contributed by atoms with Crippen LogP contribution in [-0.2, 0) is 27.9 Å². The van der Waals surface area contributed by atoms with Crippen LogP contribution >= 0.6 is 7.82 Å². The lowest BCUT2D eigenvalue weighted by molar-refractivity contribution is -0.147. The SMILES string of the molecule is CCCCC/C=C\C/C=C\C/C=C\C/C=C\CCCCCCCCCC(=O)OCC(O)COP(=O)(O)OCCNC(=O)CCCCCCCCCCCCCCCCCCCCCCCC. The van der Waals surface area contributed by atoms with Crippen LogP contribution in [0.3, 0.4) is 0 Å². The summed E-state index contributed by atoms with van der Waals surface area (Å²) in [5, 5.41) is 12.8. The van der Waals surface area contributed by atoms with Gasteiger partial charge in [-0.25, -0.2) is 4.57 Å². The molecule has 2 unspecified atom stereocenters. The number of amides is 1. The van der Waals surface area contributed by atoms with Crippen molar-refractivity contribution >= 4 is 19.7 Å². The van der Waals surface area contributed by atoms with Crippen molar-refractivity contribution in [3.05, 3.63) is 48.6 Å². The molecule has 0 radical (unpaired) electrons. The number of phosphoric ester groups is 1. The Bertz CT molecular complexity index is 1220. The number of allylic oxidation sites excluding steroid dienone is 8. The first-order valence-electron chi connectivity index (χ1n) is 27.6. The molecule has 0 fully saturated rings. The molecule has 0 aromatic rings. The van der Waals surface area contributed by atoms with Crippen LogP contribution in [0.25, 0.3) is 0 Å². The number of phosphoric acid groups is 1. The van der Waals surface area contributed by atoms with Crippen LogP contribution in [0.1, 0.15) is 264 Å². The van der Waals surface area contributed by atoms with Gasteiger partial charge in [0.2, 0.25) is 5.91 Å². The molecule has 0 spiro atoms. The summed E-state index contributed by atoms with van der Waals surface area (Å²) in [7, 11) is -4.43. The number of ether oxygens (including phenoxy) is 1. The maximum Gasteiger partial charge on any atom is 0.472 e. The summed E-state index contributed by atoms with van der Waals surface area (Å²) in [6, 6.07) is 0. The highest BCUT2D eigenvalue weighted by molar-refractivity contribution is 7.47. The van der Waals surface area contributed by atoms with Gasteiger partial charge >= 0.3 is 13.8 Å². The fraction of sp³-hybridized carbons (Fsp3) is 0.821. The summed E-state index contributed by atoms with van der Waals surface area (Å²) in [6.07, 6.45) is 63.4. The summed E-state index contributed by atoms with van der Waals surface area (Å²) in [6.45, 7) is 3.56. The predicted molar refractivity (Wildman–Crippen MR) is 280 cm³/mol. The monoisotopic (exact) mass is 950 g/mol. The molecule has 3 N–H and O–H groups in total. The van der Waals surface area contributed by atoms with Gasteiger partial charge in [-0.1, -0.05) is 242 Å². The first kappa shape index (κ1) is 64.0. The fourth-order valence-corrected chi connectivity index (χ4v) is 8.59. The Labute approximate surface area is 406 Å². The zero-order valence-corrected chi connectivity index (χ0v) is 43.8. The minimum Gasteiger partial charge on any atom is -0.463 e. The fourth-order valence-electron chi connectivity index (χ4n) is 7.84. The smallest absolute Gasteiger partial charge is 0.463 e. The molecule has 0 bridgehead atoms. The zero-order chi connectivity index (χ0) is 48.1. The topological polar surface area (TPSA) is 131 Å². The van der Waals surface area contributed by atoms with Gasteiger partial charge in [-0.05, 0) is 57.8 Å². The molecule has 0 saturated heterocycles. The summed E-state index contributed by atoms with van der Waals surface area (Å²) in [5.41, 5.74) is 0. The van der Waals surface area contributed by atoms with Crippen LogP contribution in [0.4, 0.5) is 0 Å². The van der Waals surface area contributed by atoms with Crippen LogP contribution in [0.15, 0.2) is 48.6 Å². The van der Waals surface area contributed by atoms with Crippen molar-refractivity contribution in [3.63, 3.8) is 0 Å². The van der Waals surface area contributed by atoms with Crippen molar-refractivity contribution in [2.45, 2.75) is 270 Å². The highest BCUT2D eigenvalue weighted by Gasteiger charge is 2.23. The number of carbonyl (C=O) groups is 2. The Morgan fingerprint density at radius 3 is 1.26 bits per heavy atom. The third-order valence-corrected chi connectivity index (χ3v) is 13.0. The van der Waals surface area contributed by atoms with E-state index in [4.69, 9.17) is 13.8 Å². The zero-order valence-electron chi connectivity index (χ0n) is 42.9. The van der Waals surface area contributed by atoms with Gasteiger partial charge in [-0.15, -0.1) is 0 Å². The number of hydrogen-bond donors (Lipinski definition) is 3. The van der Waals surface area contributed by atoms with Crippen molar-refractivity contribution in [3.8, 4) is 0 Å². The van der Waals surface area contributed by atoms with E-state index in [1.54, 1.807) is 0 Å². The lowest BCUT2D eigenvalue weighted by Crippen LogP contribution is -2.27. The summed E-state index contributed by atoms with van der Waals surface area (Å²) < 4.78 is 27.0. The molecule has 0 rings (SSSR count). The van der Waals surface area contributed by atoms with Gasteiger partial charge in [0.05, 0.1) is 13.2 Å². The lowest BCUT2D eigenvalue weighted by atomic mass is 10.0. The van der Waals surface area contributed by atoms with E-state index in [1.807, 2.05) is 0 Å². The molecule has 0 aliphatic carbocycles. The quantitative estimate of drug-likeness (QED) is 0.0238. The van der Waals surface area contributed by atoms with Crippen molar-refractivity contribution in [2.24, 2.45) is 0 Å². The number of esters is 1. The summed E-state index contributed by atoms with van der Waals surface area (Å²) in [4.78, 5) is 34.1. The molecule has 10 heteroatoms. The van der Waals surface area contributed by atoms with E-state index in [2.05, 4.69) is 67.8 Å². The van der Waals surface area contributed by atoms with Crippen molar-refractivity contribution in [1.82, 2.24) is 5.32 Å². The molecular formula is C56H104NO8P. The minimum absolute atomic E-state index is 0.0823. The second-order valence-electron chi connectivity index (χ2n) is 18.6. The second kappa shape index (κ2) is 52.3. The molecule has 0 saturated carbocycles. The van der Waals surface area contributed by atoms with E-state index in [9.17, 15) is 24.2 Å². The number of aliphatic hydroxyl groups excluding tert-OH is 1. The molecule has 0 aromatic heterocycles. The van der Waals surface area contributed by atoms with Gasteiger partial charge in [0, 0.05) is 19.4 Å². The Morgan fingerprint density at radius 1 is 0.470 bits per heavy atom. The number of hydrogen-bond acceptors (Lipinski definition) is 7. The van der Waals surface area contributed by atoms with Crippen LogP contribution in [0.5, 0.6) is 0 Å². The third-order valence-electron chi connectivity index (χ3n) is 12.0. The Balaban J connectivity index is 3.55. The molecule has 0 heterocycles. The van der Waals surface area contributed by atoms with Gasteiger partial charge in [-0.3, -0.25) is 18.6 Å². The molecule has 386 valence electrons. The van der Waals surface area contributed by atoms with Crippen molar-refractivity contribution in [1.29, 1.82) is 0 Å².